The predicted molar refractivity (Wildman–Crippen MR) is 77.0 cm³/mol. The normalized spacial score (nSPS) is 10.2. The van der Waals surface area contributed by atoms with Crippen molar-refractivity contribution in [1.82, 2.24) is 0 Å². The quantitative estimate of drug-likeness (QED) is 0.643. The number of carbonyl (C=O) groups excluding carboxylic acids is 1. The number of anilines is 1. The van der Waals surface area contributed by atoms with Crippen LogP contribution in [0.5, 0.6) is 0 Å². The molecule has 0 fully saturated rings. The van der Waals surface area contributed by atoms with E-state index >= 15 is 0 Å². The van der Waals surface area contributed by atoms with Crippen LogP contribution in [0.3, 0.4) is 0 Å². The highest BCUT2D eigenvalue weighted by atomic mass is 19.1. The molecule has 0 aromatic heterocycles. The second kappa shape index (κ2) is 5.70. The Morgan fingerprint density at radius 1 is 1.19 bits per heavy atom. The summed E-state index contributed by atoms with van der Waals surface area (Å²) in [6, 6.07) is 10.1. The molecule has 2 rings (SSSR count). The van der Waals surface area contributed by atoms with E-state index in [1.807, 2.05) is 0 Å². The molecular weight excluding hydrogens is 275 g/mol. The zero-order valence-electron chi connectivity index (χ0n) is 11.5. The molecule has 0 saturated carbocycles. The summed E-state index contributed by atoms with van der Waals surface area (Å²) in [7, 11) is 1.49. The molecule has 0 bridgehead atoms. The first-order valence-corrected chi connectivity index (χ1v) is 6.19. The van der Waals surface area contributed by atoms with Gasteiger partial charge in [0.25, 0.3) is 11.6 Å². The average molecular weight is 288 g/mol. The lowest BCUT2D eigenvalue weighted by atomic mass is 10.1. The fourth-order valence-electron chi connectivity index (χ4n) is 1.91. The maximum Gasteiger partial charge on any atom is 0.269 e. The topological polar surface area (TPSA) is 63.5 Å². The minimum atomic E-state index is -0.559. The van der Waals surface area contributed by atoms with Crippen molar-refractivity contribution in [1.29, 1.82) is 0 Å². The summed E-state index contributed by atoms with van der Waals surface area (Å²) in [6.45, 7) is 1.58. The Morgan fingerprint density at radius 2 is 1.81 bits per heavy atom. The Bertz CT molecular complexity index is 699. The molecule has 0 aliphatic rings. The minimum Gasteiger partial charge on any atom is -0.311 e. The van der Waals surface area contributed by atoms with E-state index < -0.39 is 16.6 Å². The number of nitro benzene ring substituents is 1. The van der Waals surface area contributed by atoms with Gasteiger partial charge in [0, 0.05) is 24.9 Å². The molecule has 0 N–H and O–H groups in total. The smallest absolute Gasteiger partial charge is 0.269 e. The van der Waals surface area contributed by atoms with Gasteiger partial charge < -0.3 is 4.90 Å². The van der Waals surface area contributed by atoms with Gasteiger partial charge in [-0.2, -0.15) is 0 Å². The first-order chi connectivity index (χ1) is 9.91. The van der Waals surface area contributed by atoms with Gasteiger partial charge in [0.15, 0.2) is 0 Å². The molecule has 0 saturated heterocycles. The Balaban J connectivity index is 2.30. The molecule has 108 valence electrons. The summed E-state index contributed by atoms with van der Waals surface area (Å²) in [5.74, 6) is -1.07. The third kappa shape index (κ3) is 2.89. The fourth-order valence-corrected chi connectivity index (χ4v) is 1.91. The van der Waals surface area contributed by atoms with E-state index in [4.69, 9.17) is 0 Å². The van der Waals surface area contributed by atoms with Crippen molar-refractivity contribution in [2.75, 3.05) is 11.9 Å². The van der Waals surface area contributed by atoms with Crippen LogP contribution in [0.15, 0.2) is 42.5 Å². The number of nitrogens with zero attached hydrogens (tertiary/aromatic N) is 2. The molecule has 0 heterocycles. The third-order valence-corrected chi connectivity index (χ3v) is 3.17. The van der Waals surface area contributed by atoms with Crippen LogP contribution in [0.25, 0.3) is 0 Å². The Hall–Kier alpha value is -2.76. The van der Waals surface area contributed by atoms with Gasteiger partial charge in [-0.15, -0.1) is 0 Å². The van der Waals surface area contributed by atoms with Crippen LogP contribution in [0.4, 0.5) is 15.8 Å². The van der Waals surface area contributed by atoms with Gasteiger partial charge in [-0.3, -0.25) is 14.9 Å². The van der Waals surface area contributed by atoms with E-state index in [9.17, 15) is 19.3 Å². The van der Waals surface area contributed by atoms with Crippen molar-refractivity contribution in [3.8, 4) is 0 Å². The number of nitro groups is 1. The van der Waals surface area contributed by atoms with Crippen LogP contribution in [-0.2, 0) is 0 Å². The number of hydrogen-bond acceptors (Lipinski definition) is 3. The lowest BCUT2D eigenvalue weighted by Gasteiger charge is -2.18. The van der Waals surface area contributed by atoms with Crippen LogP contribution >= 0.6 is 0 Å². The maximum absolute atomic E-state index is 14.0. The summed E-state index contributed by atoms with van der Waals surface area (Å²) in [6.07, 6.45) is 0. The molecule has 0 unspecified atom stereocenters. The summed E-state index contributed by atoms with van der Waals surface area (Å²) in [4.78, 5) is 23.6. The number of rotatable bonds is 3. The van der Waals surface area contributed by atoms with E-state index in [1.165, 1.54) is 42.3 Å². The zero-order valence-corrected chi connectivity index (χ0v) is 11.5. The van der Waals surface area contributed by atoms with E-state index in [1.54, 1.807) is 19.1 Å². The third-order valence-electron chi connectivity index (χ3n) is 3.17. The molecule has 0 aliphatic carbocycles. The van der Waals surface area contributed by atoms with Gasteiger partial charge in [-0.05, 0) is 30.7 Å². The highest BCUT2D eigenvalue weighted by molar-refractivity contribution is 6.06. The summed E-state index contributed by atoms with van der Waals surface area (Å²) in [5.41, 5.74) is 0.738. The van der Waals surface area contributed by atoms with Gasteiger partial charge in [-0.25, -0.2) is 4.39 Å². The van der Waals surface area contributed by atoms with Crippen molar-refractivity contribution in [2.24, 2.45) is 0 Å². The number of hydrogen-bond donors (Lipinski definition) is 0. The predicted octanol–water partition coefficient (Wildman–Crippen LogP) is 3.32. The molecule has 5 nitrogen and oxygen atoms in total. The van der Waals surface area contributed by atoms with Gasteiger partial charge in [0.05, 0.1) is 10.5 Å². The number of non-ortho nitro benzene ring substituents is 1. The average Bonchev–Trinajstić information content (AvgIpc) is 2.48. The minimum absolute atomic E-state index is 0.0316. The van der Waals surface area contributed by atoms with Crippen molar-refractivity contribution < 1.29 is 14.1 Å². The Morgan fingerprint density at radius 3 is 2.38 bits per heavy atom. The first-order valence-electron chi connectivity index (χ1n) is 6.19. The van der Waals surface area contributed by atoms with E-state index in [0.717, 1.165) is 0 Å². The number of halogens is 1. The van der Waals surface area contributed by atoms with Crippen molar-refractivity contribution >= 4 is 17.3 Å². The summed E-state index contributed by atoms with van der Waals surface area (Å²) in [5, 5.41) is 10.6. The first kappa shape index (κ1) is 14.6. The van der Waals surface area contributed by atoms with E-state index in [0.29, 0.717) is 11.3 Å². The molecule has 0 aliphatic heterocycles. The van der Waals surface area contributed by atoms with E-state index in [-0.39, 0.29) is 11.3 Å². The standard InChI is InChI=1S/C15H13FN2O3/c1-10-4-3-5-13(14(10)16)15(19)17(2)11-6-8-12(9-7-11)18(20)21/h3-9H,1-2H3. The van der Waals surface area contributed by atoms with Gasteiger partial charge >= 0.3 is 0 Å². The molecule has 2 aromatic carbocycles. The zero-order chi connectivity index (χ0) is 15.6. The molecule has 2 aromatic rings. The van der Waals surface area contributed by atoms with Crippen LogP contribution in [-0.4, -0.2) is 17.9 Å². The highest BCUT2D eigenvalue weighted by Gasteiger charge is 2.19. The summed E-state index contributed by atoms with van der Waals surface area (Å²) < 4.78 is 14.0. The number of aryl methyl sites for hydroxylation is 1. The summed E-state index contributed by atoms with van der Waals surface area (Å²) >= 11 is 0. The second-order valence-corrected chi connectivity index (χ2v) is 4.57. The molecule has 1 amide bonds. The van der Waals surface area contributed by atoms with Crippen LogP contribution < -0.4 is 4.90 Å². The number of amides is 1. The van der Waals surface area contributed by atoms with Gasteiger partial charge in [-0.1, -0.05) is 12.1 Å². The monoisotopic (exact) mass is 288 g/mol. The van der Waals surface area contributed by atoms with Crippen molar-refractivity contribution in [3.05, 3.63) is 69.5 Å². The molecule has 21 heavy (non-hydrogen) atoms. The Kier molecular flexibility index (Phi) is 3.98. The molecular formula is C15H13FN2O3. The van der Waals surface area contributed by atoms with E-state index in [2.05, 4.69) is 0 Å². The fraction of sp³-hybridized carbons (Fsp3) is 0.133. The molecule has 0 atom stereocenters. The van der Waals surface area contributed by atoms with Crippen molar-refractivity contribution in [2.45, 2.75) is 6.92 Å². The lowest BCUT2D eigenvalue weighted by molar-refractivity contribution is -0.384. The van der Waals surface area contributed by atoms with Gasteiger partial charge in [0.2, 0.25) is 0 Å². The number of carbonyl (C=O) groups is 1. The molecule has 0 radical (unpaired) electrons. The van der Waals surface area contributed by atoms with Crippen LogP contribution in [0.1, 0.15) is 15.9 Å². The maximum atomic E-state index is 14.0. The SMILES string of the molecule is Cc1cccc(C(=O)N(C)c2ccc([N+](=O)[O-])cc2)c1F. The second-order valence-electron chi connectivity index (χ2n) is 4.57. The highest BCUT2D eigenvalue weighted by Crippen LogP contribution is 2.21. The lowest BCUT2D eigenvalue weighted by Crippen LogP contribution is -2.27. The van der Waals surface area contributed by atoms with Crippen LogP contribution in [0, 0.1) is 22.9 Å². The van der Waals surface area contributed by atoms with Crippen LogP contribution in [0.2, 0.25) is 0 Å². The van der Waals surface area contributed by atoms with Crippen molar-refractivity contribution in [3.63, 3.8) is 0 Å². The Labute approximate surface area is 120 Å². The largest absolute Gasteiger partial charge is 0.311 e. The molecule has 6 heteroatoms. The number of benzene rings is 2. The van der Waals surface area contributed by atoms with Gasteiger partial charge in [0.1, 0.15) is 5.82 Å². The molecule has 0 spiro atoms.